The van der Waals surface area contributed by atoms with Crippen molar-refractivity contribution < 1.29 is 22.7 Å². The molecule has 2 rings (SSSR count). The summed E-state index contributed by atoms with van der Waals surface area (Å²) in [5.74, 6) is 0.0659. The molecule has 0 aromatic heterocycles. The Labute approximate surface area is 229 Å². The Balaban J connectivity index is 2.24. The maximum atomic E-state index is 13.4. The first-order chi connectivity index (χ1) is 17.1. The van der Waals surface area contributed by atoms with Crippen molar-refractivity contribution in [2.24, 2.45) is 0 Å². The molecule has 0 saturated carbocycles. The zero-order valence-electron chi connectivity index (χ0n) is 22.0. The van der Waals surface area contributed by atoms with Gasteiger partial charge in [0.1, 0.15) is 11.8 Å². The van der Waals surface area contributed by atoms with Gasteiger partial charge in [0.2, 0.25) is 21.8 Å². The third-order valence-electron chi connectivity index (χ3n) is 5.48. The molecule has 0 aliphatic rings. The molecule has 1 N–H and O–H groups in total. The number of anilines is 1. The van der Waals surface area contributed by atoms with Gasteiger partial charge in [0.25, 0.3) is 0 Å². The fraction of sp³-hybridized carbons (Fsp3) is 0.462. The van der Waals surface area contributed by atoms with Crippen LogP contribution >= 0.6 is 23.2 Å². The summed E-state index contributed by atoms with van der Waals surface area (Å²) < 4.78 is 31.4. The summed E-state index contributed by atoms with van der Waals surface area (Å²) in [4.78, 5) is 27.8. The van der Waals surface area contributed by atoms with Crippen molar-refractivity contribution >= 4 is 50.7 Å². The van der Waals surface area contributed by atoms with Gasteiger partial charge in [-0.05, 0) is 70.0 Å². The Kier molecular flexibility index (Phi) is 10.7. The van der Waals surface area contributed by atoms with Crippen LogP contribution in [0.15, 0.2) is 42.5 Å². The number of hydrogen-bond acceptors (Lipinski definition) is 5. The van der Waals surface area contributed by atoms with E-state index in [1.54, 1.807) is 32.2 Å². The normalized spacial score (nSPS) is 12.5. The van der Waals surface area contributed by atoms with Crippen molar-refractivity contribution in [3.05, 3.63) is 58.1 Å². The van der Waals surface area contributed by atoms with Crippen LogP contribution in [0.25, 0.3) is 0 Å². The smallest absolute Gasteiger partial charge is 0.242 e. The minimum absolute atomic E-state index is 0.0141. The SMILES string of the molecule is COc1cccc(CN(C(=O)CCCN(c2cc(Cl)ccc2Cl)S(C)(=O)=O)[C@H](C)C(=O)NC(C)(C)C)c1. The molecule has 8 nitrogen and oxygen atoms in total. The maximum Gasteiger partial charge on any atom is 0.242 e. The Morgan fingerprint density at radius 3 is 2.38 bits per heavy atom. The molecular weight excluding hydrogens is 537 g/mol. The highest BCUT2D eigenvalue weighted by Gasteiger charge is 2.29. The van der Waals surface area contributed by atoms with Crippen LogP contribution in [0.3, 0.4) is 0 Å². The predicted octanol–water partition coefficient (Wildman–Crippen LogP) is 4.88. The second-order valence-electron chi connectivity index (χ2n) is 9.82. The quantitative estimate of drug-likeness (QED) is 0.414. The molecule has 2 amide bonds. The number of nitrogens with zero attached hydrogens (tertiary/aromatic N) is 2. The van der Waals surface area contributed by atoms with E-state index >= 15 is 0 Å². The molecule has 0 spiro atoms. The highest BCUT2D eigenvalue weighted by Crippen LogP contribution is 2.31. The van der Waals surface area contributed by atoms with Crippen molar-refractivity contribution in [2.75, 3.05) is 24.2 Å². The van der Waals surface area contributed by atoms with Crippen LogP contribution in [-0.4, -0.2) is 56.6 Å². The van der Waals surface area contributed by atoms with Crippen LogP contribution in [0.2, 0.25) is 10.0 Å². The summed E-state index contributed by atoms with van der Waals surface area (Å²) in [5, 5.41) is 3.49. The lowest BCUT2D eigenvalue weighted by atomic mass is 10.1. The van der Waals surface area contributed by atoms with Gasteiger partial charge in [0, 0.05) is 30.1 Å². The van der Waals surface area contributed by atoms with Gasteiger partial charge in [-0.1, -0.05) is 35.3 Å². The molecule has 11 heteroatoms. The van der Waals surface area contributed by atoms with Crippen LogP contribution < -0.4 is 14.4 Å². The van der Waals surface area contributed by atoms with Crippen LogP contribution in [0, 0.1) is 0 Å². The molecule has 1 atom stereocenters. The number of hydrogen-bond donors (Lipinski definition) is 1. The molecule has 0 aliphatic heterocycles. The predicted molar refractivity (Wildman–Crippen MR) is 149 cm³/mol. The highest BCUT2D eigenvalue weighted by molar-refractivity contribution is 7.92. The first-order valence-electron chi connectivity index (χ1n) is 11.8. The lowest BCUT2D eigenvalue weighted by Gasteiger charge is -2.32. The number of nitrogens with one attached hydrogen (secondary N) is 1. The number of benzene rings is 2. The zero-order valence-corrected chi connectivity index (χ0v) is 24.4. The molecule has 204 valence electrons. The summed E-state index contributed by atoms with van der Waals surface area (Å²) in [5.41, 5.74) is 0.573. The molecule has 2 aromatic carbocycles. The van der Waals surface area contributed by atoms with E-state index in [1.807, 2.05) is 32.9 Å². The number of carbonyl (C=O) groups excluding carboxylic acids is 2. The highest BCUT2D eigenvalue weighted by atomic mass is 35.5. The molecule has 0 saturated heterocycles. The maximum absolute atomic E-state index is 13.4. The van der Waals surface area contributed by atoms with E-state index in [1.165, 1.54) is 17.0 Å². The van der Waals surface area contributed by atoms with E-state index < -0.39 is 21.6 Å². The van der Waals surface area contributed by atoms with Crippen molar-refractivity contribution in [3.8, 4) is 5.75 Å². The van der Waals surface area contributed by atoms with Crippen LogP contribution in [0.5, 0.6) is 5.75 Å². The van der Waals surface area contributed by atoms with Crippen molar-refractivity contribution in [2.45, 2.75) is 58.7 Å². The van der Waals surface area contributed by atoms with Gasteiger partial charge < -0.3 is 15.0 Å². The second kappa shape index (κ2) is 12.8. The Bertz CT molecular complexity index is 1210. The first kappa shape index (κ1) is 30.7. The molecule has 2 aromatic rings. The van der Waals surface area contributed by atoms with Gasteiger partial charge in [-0.2, -0.15) is 0 Å². The van der Waals surface area contributed by atoms with Crippen molar-refractivity contribution in [1.29, 1.82) is 0 Å². The number of rotatable bonds is 11. The van der Waals surface area contributed by atoms with E-state index in [-0.39, 0.29) is 48.5 Å². The van der Waals surface area contributed by atoms with Crippen molar-refractivity contribution in [1.82, 2.24) is 10.2 Å². The monoisotopic (exact) mass is 571 g/mol. The number of amides is 2. The number of sulfonamides is 1. The largest absolute Gasteiger partial charge is 0.497 e. The molecule has 0 bridgehead atoms. The number of halogens is 2. The molecule has 0 unspecified atom stereocenters. The van der Waals surface area contributed by atoms with E-state index in [2.05, 4.69) is 5.32 Å². The summed E-state index contributed by atoms with van der Waals surface area (Å²) >= 11 is 12.3. The molecule has 37 heavy (non-hydrogen) atoms. The fourth-order valence-electron chi connectivity index (χ4n) is 3.68. The zero-order chi connectivity index (χ0) is 28.0. The average Bonchev–Trinajstić information content (AvgIpc) is 2.79. The van der Waals surface area contributed by atoms with Crippen molar-refractivity contribution in [3.63, 3.8) is 0 Å². The van der Waals surface area contributed by atoms with Gasteiger partial charge in [-0.15, -0.1) is 0 Å². The van der Waals surface area contributed by atoms with Gasteiger partial charge in [-0.25, -0.2) is 8.42 Å². The molecular formula is C26H35Cl2N3O5S. The summed E-state index contributed by atoms with van der Waals surface area (Å²) in [6.45, 7) is 7.48. The lowest BCUT2D eigenvalue weighted by Crippen LogP contribution is -2.52. The Morgan fingerprint density at radius 2 is 1.78 bits per heavy atom. The first-order valence-corrected chi connectivity index (χ1v) is 14.4. The van der Waals surface area contributed by atoms with Gasteiger partial charge in [0.15, 0.2) is 0 Å². The van der Waals surface area contributed by atoms with E-state index in [0.717, 1.165) is 16.1 Å². The van der Waals surface area contributed by atoms with Gasteiger partial charge >= 0.3 is 0 Å². The van der Waals surface area contributed by atoms with Crippen LogP contribution in [0.4, 0.5) is 5.69 Å². The fourth-order valence-corrected chi connectivity index (χ4v) is 5.09. The van der Waals surface area contributed by atoms with E-state index in [0.29, 0.717) is 10.8 Å². The van der Waals surface area contributed by atoms with E-state index in [9.17, 15) is 18.0 Å². The Hall–Kier alpha value is -2.49. The topological polar surface area (TPSA) is 96.0 Å². The van der Waals surface area contributed by atoms with E-state index in [4.69, 9.17) is 27.9 Å². The van der Waals surface area contributed by atoms with Crippen LogP contribution in [-0.2, 0) is 26.2 Å². The summed E-state index contributed by atoms with van der Waals surface area (Å²) in [6, 6.07) is 11.1. The number of carbonyl (C=O) groups is 2. The average molecular weight is 573 g/mol. The van der Waals surface area contributed by atoms with Gasteiger partial charge in [0.05, 0.1) is 24.1 Å². The third-order valence-corrected chi connectivity index (χ3v) is 7.22. The summed E-state index contributed by atoms with van der Waals surface area (Å²) in [7, 11) is -2.14. The summed E-state index contributed by atoms with van der Waals surface area (Å²) in [6.07, 6.45) is 1.29. The second-order valence-corrected chi connectivity index (χ2v) is 12.6. The number of methoxy groups -OCH3 is 1. The van der Waals surface area contributed by atoms with Gasteiger partial charge in [-0.3, -0.25) is 13.9 Å². The minimum atomic E-state index is -3.69. The molecule has 0 aliphatic carbocycles. The third kappa shape index (κ3) is 9.39. The van der Waals surface area contributed by atoms with Crippen LogP contribution in [0.1, 0.15) is 46.1 Å². The lowest BCUT2D eigenvalue weighted by molar-refractivity contribution is -0.141. The standard InChI is InChI=1S/C26H35Cl2N3O5S/c1-18(25(33)29-26(2,3)4)30(17-19-9-7-10-21(15-19)36-5)24(32)11-8-14-31(37(6,34)35)23-16-20(27)12-13-22(23)28/h7,9-10,12-13,15-16,18H,8,11,14,17H2,1-6H3,(H,29,33)/t18-/m1/s1. The molecule has 0 fully saturated rings. The Morgan fingerprint density at radius 1 is 1.11 bits per heavy atom. The molecule has 0 heterocycles. The minimum Gasteiger partial charge on any atom is -0.497 e. The number of ether oxygens (including phenoxy) is 1. The molecule has 0 radical (unpaired) electrons.